The predicted octanol–water partition coefficient (Wildman–Crippen LogP) is 1.61. The van der Waals surface area contributed by atoms with Crippen LogP contribution in [0.5, 0.6) is 0 Å². The third kappa shape index (κ3) is 10.4. The van der Waals surface area contributed by atoms with E-state index in [4.69, 9.17) is 21.6 Å². The fourth-order valence-corrected chi connectivity index (χ4v) is 1.28. The van der Waals surface area contributed by atoms with E-state index in [1.54, 1.807) is 4.90 Å². The lowest BCUT2D eigenvalue weighted by atomic mass is 10.2. The lowest BCUT2D eigenvalue weighted by Gasteiger charge is -2.27. The summed E-state index contributed by atoms with van der Waals surface area (Å²) in [7, 11) is 0. The van der Waals surface area contributed by atoms with Gasteiger partial charge in [-0.25, -0.2) is 4.79 Å². The molecule has 0 saturated carbocycles. The molecule has 0 heterocycles. The Morgan fingerprint density at radius 1 is 1.32 bits per heavy atom. The first-order valence-electron chi connectivity index (χ1n) is 6.60. The highest BCUT2D eigenvalue weighted by molar-refractivity contribution is 5.68. The van der Waals surface area contributed by atoms with Gasteiger partial charge in [0.1, 0.15) is 5.60 Å². The molecule has 0 aromatic carbocycles. The van der Waals surface area contributed by atoms with Gasteiger partial charge in [0.2, 0.25) is 0 Å². The van der Waals surface area contributed by atoms with E-state index in [0.29, 0.717) is 39.3 Å². The molecule has 0 fully saturated rings. The van der Waals surface area contributed by atoms with Crippen molar-refractivity contribution in [3.8, 4) is 12.3 Å². The van der Waals surface area contributed by atoms with Gasteiger partial charge in [0.15, 0.2) is 0 Å². The molecule has 0 aliphatic carbocycles. The maximum absolute atomic E-state index is 11.9. The Bertz CT molecular complexity index is 292. The molecule has 0 aromatic heterocycles. The molecule has 0 spiro atoms. The monoisotopic (exact) mass is 270 g/mol. The minimum Gasteiger partial charge on any atom is -0.444 e. The summed E-state index contributed by atoms with van der Waals surface area (Å²) in [4.78, 5) is 13.5. The van der Waals surface area contributed by atoms with Crippen LogP contribution in [0.1, 0.15) is 33.6 Å². The second-order valence-corrected chi connectivity index (χ2v) is 5.18. The summed E-state index contributed by atoms with van der Waals surface area (Å²) in [6.45, 7) is 8.13. The highest BCUT2D eigenvalue weighted by Crippen LogP contribution is 2.10. The van der Waals surface area contributed by atoms with E-state index in [9.17, 15) is 4.79 Å². The molecule has 110 valence electrons. The standard InChI is InChI=1S/C14H26N2O3/c1-5-6-9-16(10-12-18-11-7-8-15)13(17)19-14(2,3)4/h1H,6-12,15H2,2-4H3. The normalized spacial score (nSPS) is 10.9. The first-order valence-corrected chi connectivity index (χ1v) is 6.60. The summed E-state index contributed by atoms with van der Waals surface area (Å²) in [6, 6.07) is 0. The molecule has 19 heavy (non-hydrogen) atoms. The summed E-state index contributed by atoms with van der Waals surface area (Å²) in [5.41, 5.74) is 4.86. The number of carbonyl (C=O) groups is 1. The van der Waals surface area contributed by atoms with Crippen LogP contribution in [0.4, 0.5) is 4.79 Å². The van der Waals surface area contributed by atoms with Gasteiger partial charge in [-0.05, 0) is 33.7 Å². The second-order valence-electron chi connectivity index (χ2n) is 5.18. The van der Waals surface area contributed by atoms with Gasteiger partial charge in [0.25, 0.3) is 0 Å². The van der Waals surface area contributed by atoms with E-state index in [-0.39, 0.29) is 6.09 Å². The Labute approximate surface area is 116 Å². The summed E-state index contributed by atoms with van der Waals surface area (Å²) in [5, 5.41) is 0. The fraction of sp³-hybridized carbons (Fsp3) is 0.786. The number of hydrogen-bond acceptors (Lipinski definition) is 4. The molecule has 2 N–H and O–H groups in total. The minimum absolute atomic E-state index is 0.356. The van der Waals surface area contributed by atoms with Crippen molar-refractivity contribution in [3.63, 3.8) is 0 Å². The molecule has 5 heteroatoms. The molecule has 0 aromatic rings. The van der Waals surface area contributed by atoms with Crippen molar-refractivity contribution in [2.75, 3.05) is 32.8 Å². The predicted molar refractivity (Wildman–Crippen MR) is 75.7 cm³/mol. The van der Waals surface area contributed by atoms with E-state index in [2.05, 4.69) is 5.92 Å². The van der Waals surface area contributed by atoms with Gasteiger partial charge in [-0.1, -0.05) is 0 Å². The highest BCUT2D eigenvalue weighted by Gasteiger charge is 2.21. The fourth-order valence-electron chi connectivity index (χ4n) is 1.28. The van der Waals surface area contributed by atoms with Gasteiger partial charge in [-0.2, -0.15) is 0 Å². The zero-order valence-electron chi connectivity index (χ0n) is 12.3. The van der Waals surface area contributed by atoms with E-state index >= 15 is 0 Å². The van der Waals surface area contributed by atoms with Crippen LogP contribution >= 0.6 is 0 Å². The van der Waals surface area contributed by atoms with E-state index in [1.165, 1.54) is 0 Å². The van der Waals surface area contributed by atoms with Gasteiger partial charge >= 0.3 is 6.09 Å². The van der Waals surface area contributed by atoms with Gasteiger partial charge < -0.3 is 20.1 Å². The number of ether oxygens (including phenoxy) is 2. The number of hydrogen-bond donors (Lipinski definition) is 1. The summed E-state index contributed by atoms with van der Waals surface area (Å²) >= 11 is 0. The third-order valence-electron chi connectivity index (χ3n) is 2.18. The SMILES string of the molecule is C#CCCN(CCOCCCN)C(=O)OC(C)(C)C. The average molecular weight is 270 g/mol. The first kappa shape index (κ1) is 17.8. The molecule has 0 aliphatic heterocycles. The van der Waals surface area contributed by atoms with Crippen LogP contribution in [0.2, 0.25) is 0 Å². The summed E-state index contributed by atoms with van der Waals surface area (Å²) < 4.78 is 10.7. The van der Waals surface area contributed by atoms with Crippen LogP contribution in [0.25, 0.3) is 0 Å². The van der Waals surface area contributed by atoms with E-state index in [0.717, 1.165) is 6.42 Å². The van der Waals surface area contributed by atoms with Crippen LogP contribution in [0.15, 0.2) is 0 Å². The Morgan fingerprint density at radius 2 is 2.00 bits per heavy atom. The molecular weight excluding hydrogens is 244 g/mol. The van der Waals surface area contributed by atoms with Crippen molar-refractivity contribution in [3.05, 3.63) is 0 Å². The molecule has 0 rings (SSSR count). The van der Waals surface area contributed by atoms with Crippen LogP contribution in [0, 0.1) is 12.3 Å². The Balaban J connectivity index is 4.15. The van der Waals surface area contributed by atoms with Crippen molar-refractivity contribution in [2.24, 2.45) is 5.73 Å². The highest BCUT2D eigenvalue weighted by atomic mass is 16.6. The van der Waals surface area contributed by atoms with Gasteiger partial charge in [0, 0.05) is 26.1 Å². The van der Waals surface area contributed by atoms with Crippen molar-refractivity contribution >= 4 is 6.09 Å². The summed E-state index contributed by atoms with van der Waals surface area (Å²) in [6.07, 6.45) is 6.19. The van der Waals surface area contributed by atoms with Crippen molar-refractivity contribution in [1.82, 2.24) is 4.90 Å². The van der Waals surface area contributed by atoms with E-state index in [1.807, 2.05) is 20.8 Å². The maximum Gasteiger partial charge on any atom is 0.410 e. The molecule has 0 radical (unpaired) electrons. The van der Waals surface area contributed by atoms with Crippen molar-refractivity contribution in [1.29, 1.82) is 0 Å². The molecular formula is C14H26N2O3. The lowest BCUT2D eigenvalue weighted by molar-refractivity contribution is 0.0180. The Hall–Kier alpha value is -1.25. The average Bonchev–Trinajstić information content (AvgIpc) is 2.30. The summed E-state index contributed by atoms with van der Waals surface area (Å²) in [5.74, 6) is 2.52. The van der Waals surface area contributed by atoms with Gasteiger partial charge in [0.05, 0.1) is 6.61 Å². The molecule has 5 nitrogen and oxygen atoms in total. The lowest BCUT2D eigenvalue weighted by Crippen LogP contribution is -2.39. The molecule has 1 amide bonds. The van der Waals surface area contributed by atoms with Gasteiger partial charge in [-0.3, -0.25) is 0 Å². The zero-order valence-corrected chi connectivity index (χ0v) is 12.3. The number of amides is 1. The number of carbonyl (C=O) groups excluding carboxylic acids is 1. The van der Waals surface area contributed by atoms with Crippen molar-refractivity contribution < 1.29 is 14.3 Å². The zero-order chi connectivity index (χ0) is 14.7. The largest absolute Gasteiger partial charge is 0.444 e. The van der Waals surface area contributed by atoms with Gasteiger partial charge in [-0.15, -0.1) is 12.3 Å². The maximum atomic E-state index is 11.9. The smallest absolute Gasteiger partial charge is 0.410 e. The number of nitrogens with zero attached hydrogens (tertiary/aromatic N) is 1. The molecule has 0 saturated heterocycles. The van der Waals surface area contributed by atoms with Crippen LogP contribution in [-0.4, -0.2) is 49.4 Å². The molecule has 0 atom stereocenters. The second kappa shape index (κ2) is 9.65. The van der Waals surface area contributed by atoms with Crippen molar-refractivity contribution in [2.45, 2.75) is 39.2 Å². The molecule has 0 unspecified atom stereocenters. The minimum atomic E-state index is -0.508. The van der Waals surface area contributed by atoms with Crippen LogP contribution in [-0.2, 0) is 9.47 Å². The Morgan fingerprint density at radius 3 is 2.53 bits per heavy atom. The molecule has 0 aliphatic rings. The number of terminal acetylenes is 1. The molecule has 0 bridgehead atoms. The van der Waals surface area contributed by atoms with Crippen LogP contribution < -0.4 is 5.73 Å². The topological polar surface area (TPSA) is 64.8 Å². The first-order chi connectivity index (χ1) is 8.90. The van der Waals surface area contributed by atoms with E-state index < -0.39 is 5.60 Å². The number of nitrogens with two attached hydrogens (primary N) is 1. The van der Waals surface area contributed by atoms with Crippen LogP contribution in [0.3, 0.4) is 0 Å². The quantitative estimate of drug-likeness (QED) is 0.537. The Kier molecular flexibility index (Phi) is 9.02. The third-order valence-corrected chi connectivity index (χ3v) is 2.18. The number of rotatable bonds is 8.